The number of nitro benzene ring substituents is 1. The van der Waals surface area contributed by atoms with Crippen LogP contribution in [0.15, 0.2) is 30.3 Å². The number of carbonyl (C=O) groups is 2. The van der Waals surface area contributed by atoms with E-state index in [-0.39, 0.29) is 12.1 Å². The highest BCUT2D eigenvalue weighted by Gasteiger charge is 2.12. The first kappa shape index (κ1) is 16.4. The second kappa shape index (κ2) is 7.78. The molecule has 112 valence electrons. The van der Waals surface area contributed by atoms with Crippen molar-refractivity contribution in [2.45, 2.75) is 25.8 Å². The first-order valence-corrected chi connectivity index (χ1v) is 6.37. The zero-order valence-electron chi connectivity index (χ0n) is 11.5. The molecule has 1 aromatic rings. The molecule has 7 heteroatoms. The third-order valence-electron chi connectivity index (χ3n) is 2.77. The summed E-state index contributed by atoms with van der Waals surface area (Å²) in [5.41, 5.74) is 0.459. The summed E-state index contributed by atoms with van der Waals surface area (Å²) in [5.74, 6) is -1.42. The van der Waals surface area contributed by atoms with Crippen molar-refractivity contribution in [2.75, 3.05) is 0 Å². The SMILES string of the molecule is CCC(CC(=O)O)NC(=O)/C=C/c1cccc([N+](=O)[O-])c1. The Morgan fingerprint density at radius 2 is 2.19 bits per heavy atom. The van der Waals surface area contributed by atoms with E-state index >= 15 is 0 Å². The average molecular weight is 292 g/mol. The van der Waals surface area contributed by atoms with Gasteiger partial charge in [0.1, 0.15) is 0 Å². The Morgan fingerprint density at radius 3 is 2.76 bits per heavy atom. The van der Waals surface area contributed by atoms with E-state index in [4.69, 9.17) is 5.11 Å². The summed E-state index contributed by atoms with van der Waals surface area (Å²) in [6, 6.07) is 5.42. The average Bonchev–Trinajstić information content (AvgIpc) is 2.44. The van der Waals surface area contributed by atoms with Crippen LogP contribution in [0.5, 0.6) is 0 Å². The van der Waals surface area contributed by atoms with Gasteiger partial charge in [-0.3, -0.25) is 19.7 Å². The first-order chi connectivity index (χ1) is 9.92. The Balaban J connectivity index is 2.67. The van der Waals surface area contributed by atoms with Crippen molar-refractivity contribution < 1.29 is 19.6 Å². The van der Waals surface area contributed by atoms with Crippen LogP contribution in [0, 0.1) is 10.1 Å². The fraction of sp³-hybridized carbons (Fsp3) is 0.286. The van der Waals surface area contributed by atoms with E-state index < -0.39 is 22.8 Å². The molecule has 2 N–H and O–H groups in total. The molecule has 7 nitrogen and oxygen atoms in total. The molecule has 1 aromatic carbocycles. The van der Waals surface area contributed by atoms with E-state index in [1.165, 1.54) is 30.4 Å². The fourth-order valence-corrected chi connectivity index (χ4v) is 1.67. The van der Waals surface area contributed by atoms with Crippen molar-refractivity contribution >= 4 is 23.6 Å². The van der Waals surface area contributed by atoms with Crippen molar-refractivity contribution in [3.8, 4) is 0 Å². The van der Waals surface area contributed by atoms with Crippen LogP contribution >= 0.6 is 0 Å². The summed E-state index contributed by atoms with van der Waals surface area (Å²) in [6.07, 6.45) is 3.02. The van der Waals surface area contributed by atoms with Crippen molar-refractivity contribution in [3.63, 3.8) is 0 Å². The molecule has 1 atom stereocenters. The van der Waals surface area contributed by atoms with Crippen LogP contribution < -0.4 is 5.32 Å². The lowest BCUT2D eigenvalue weighted by molar-refractivity contribution is -0.384. The molecule has 0 aliphatic heterocycles. The Kier molecular flexibility index (Phi) is 6.06. The number of hydrogen-bond donors (Lipinski definition) is 2. The number of carboxylic acid groups (broad SMARTS) is 1. The molecule has 0 aliphatic rings. The molecular formula is C14H16N2O5. The number of carboxylic acids is 1. The van der Waals surface area contributed by atoms with Crippen molar-refractivity contribution in [2.24, 2.45) is 0 Å². The molecule has 0 radical (unpaired) electrons. The smallest absolute Gasteiger partial charge is 0.305 e. The van der Waals surface area contributed by atoms with Gasteiger partial charge in [0.05, 0.1) is 11.3 Å². The van der Waals surface area contributed by atoms with Crippen molar-refractivity contribution in [1.29, 1.82) is 0 Å². The van der Waals surface area contributed by atoms with Crippen LogP contribution in [0.4, 0.5) is 5.69 Å². The zero-order valence-corrected chi connectivity index (χ0v) is 11.5. The van der Waals surface area contributed by atoms with E-state index in [9.17, 15) is 19.7 Å². The second-order valence-electron chi connectivity index (χ2n) is 4.40. The highest BCUT2D eigenvalue weighted by molar-refractivity contribution is 5.92. The third kappa shape index (κ3) is 5.85. The highest BCUT2D eigenvalue weighted by Crippen LogP contribution is 2.14. The molecule has 1 unspecified atom stereocenters. The molecule has 0 saturated heterocycles. The Hall–Kier alpha value is -2.70. The summed E-state index contributed by atoms with van der Waals surface area (Å²) < 4.78 is 0. The molecule has 0 heterocycles. The first-order valence-electron chi connectivity index (χ1n) is 6.37. The summed E-state index contributed by atoms with van der Waals surface area (Å²) in [5, 5.41) is 21.9. The molecule has 21 heavy (non-hydrogen) atoms. The Labute approximate surface area is 121 Å². The van der Waals surface area contributed by atoms with Gasteiger partial charge in [0, 0.05) is 24.3 Å². The predicted octanol–water partition coefficient (Wildman–Crippen LogP) is 1.98. The van der Waals surface area contributed by atoms with Gasteiger partial charge in [-0.05, 0) is 18.1 Å². The fourth-order valence-electron chi connectivity index (χ4n) is 1.67. The number of hydrogen-bond acceptors (Lipinski definition) is 4. The van der Waals surface area contributed by atoms with E-state index in [0.717, 1.165) is 0 Å². The summed E-state index contributed by atoms with van der Waals surface area (Å²) in [6.45, 7) is 1.78. The van der Waals surface area contributed by atoms with Crippen molar-refractivity contribution in [1.82, 2.24) is 5.32 Å². The molecule has 0 aliphatic carbocycles. The molecule has 0 bridgehead atoms. The number of rotatable bonds is 7. The van der Waals surface area contributed by atoms with Gasteiger partial charge in [0.15, 0.2) is 0 Å². The standard InChI is InChI=1S/C14H16N2O5/c1-2-11(9-14(18)19)15-13(17)7-6-10-4-3-5-12(8-10)16(20)21/h3-8,11H,2,9H2,1H3,(H,15,17)(H,18,19)/b7-6+. The van der Waals surface area contributed by atoms with Crippen molar-refractivity contribution in [3.05, 3.63) is 46.0 Å². The minimum atomic E-state index is -0.982. The summed E-state index contributed by atoms with van der Waals surface area (Å²) in [7, 11) is 0. The number of non-ortho nitro benzene ring substituents is 1. The van der Waals surface area contributed by atoms with Crippen LogP contribution in [0.25, 0.3) is 6.08 Å². The number of amides is 1. The number of aliphatic carboxylic acids is 1. The zero-order chi connectivity index (χ0) is 15.8. The van der Waals surface area contributed by atoms with Gasteiger partial charge in [-0.15, -0.1) is 0 Å². The molecule has 0 fully saturated rings. The van der Waals surface area contributed by atoms with E-state index in [2.05, 4.69) is 5.32 Å². The summed E-state index contributed by atoms with van der Waals surface area (Å²) >= 11 is 0. The number of nitro groups is 1. The maximum absolute atomic E-state index is 11.7. The molecule has 1 amide bonds. The number of benzene rings is 1. The van der Waals surface area contributed by atoms with Crippen LogP contribution in [0.2, 0.25) is 0 Å². The lowest BCUT2D eigenvalue weighted by atomic mass is 10.1. The number of nitrogens with one attached hydrogen (secondary N) is 1. The predicted molar refractivity (Wildman–Crippen MR) is 76.6 cm³/mol. The van der Waals surface area contributed by atoms with Crippen LogP contribution in [0.3, 0.4) is 0 Å². The second-order valence-corrected chi connectivity index (χ2v) is 4.40. The minimum Gasteiger partial charge on any atom is -0.481 e. The van der Waals surface area contributed by atoms with Gasteiger partial charge in [-0.2, -0.15) is 0 Å². The lowest BCUT2D eigenvalue weighted by Gasteiger charge is -2.12. The van der Waals surface area contributed by atoms with Gasteiger partial charge >= 0.3 is 5.97 Å². The number of nitrogens with zero attached hydrogens (tertiary/aromatic N) is 1. The molecule has 0 spiro atoms. The van der Waals surface area contributed by atoms with Crippen LogP contribution in [0.1, 0.15) is 25.3 Å². The van der Waals surface area contributed by atoms with Gasteiger partial charge in [-0.1, -0.05) is 19.1 Å². The Bertz CT molecular complexity index is 568. The molecule has 0 saturated carbocycles. The third-order valence-corrected chi connectivity index (χ3v) is 2.77. The maximum Gasteiger partial charge on any atom is 0.305 e. The quantitative estimate of drug-likeness (QED) is 0.453. The van der Waals surface area contributed by atoms with Gasteiger partial charge in [-0.25, -0.2) is 0 Å². The molecule has 0 aromatic heterocycles. The topological polar surface area (TPSA) is 110 Å². The monoisotopic (exact) mass is 292 g/mol. The van der Waals surface area contributed by atoms with Gasteiger partial charge in [0.2, 0.25) is 5.91 Å². The number of carbonyl (C=O) groups excluding carboxylic acids is 1. The van der Waals surface area contributed by atoms with Crippen LogP contribution in [-0.2, 0) is 9.59 Å². The minimum absolute atomic E-state index is 0.0603. The summed E-state index contributed by atoms with van der Waals surface area (Å²) in [4.78, 5) is 32.4. The largest absolute Gasteiger partial charge is 0.481 e. The van der Waals surface area contributed by atoms with E-state index in [1.54, 1.807) is 13.0 Å². The van der Waals surface area contributed by atoms with Crippen LogP contribution in [-0.4, -0.2) is 27.9 Å². The van der Waals surface area contributed by atoms with E-state index in [1.807, 2.05) is 0 Å². The van der Waals surface area contributed by atoms with Gasteiger partial charge in [0.25, 0.3) is 5.69 Å². The molecule has 1 rings (SSSR count). The van der Waals surface area contributed by atoms with Gasteiger partial charge < -0.3 is 10.4 Å². The highest BCUT2D eigenvalue weighted by atomic mass is 16.6. The van der Waals surface area contributed by atoms with E-state index in [0.29, 0.717) is 12.0 Å². The maximum atomic E-state index is 11.7. The lowest BCUT2D eigenvalue weighted by Crippen LogP contribution is -2.34. The Morgan fingerprint density at radius 1 is 1.48 bits per heavy atom. The molecular weight excluding hydrogens is 276 g/mol. The normalized spacial score (nSPS) is 12.0.